The second-order valence-corrected chi connectivity index (χ2v) is 6.49. The smallest absolute Gasteiger partial charge is 0.255 e. The van der Waals surface area contributed by atoms with Crippen molar-refractivity contribution in [3.8, 4) is 0 Å². The van der Waals surface area contributed by atoms with Crippen LogP contribution in [0.2, 0.25) is 0 Å². The van der Waals surface area contributed by atoms with Crippen LogP contribution in [-0.4, -0.2) is 47.7 Å². The van der Waals surface area contributed by atoms with Gasteiger partial charge in [0.25, 0.3) is 5.89 Å². The molecule has 3 rings (SSSR count). The lowest BCUT2D eigenvalue weighted by Gasteiger charge is -2.23. The van der Waals surface area contributed by atoms with E-state index in [0.717, 1.165) is 18.4 Å². The summed E-state index contributed by atoms with van der Waals surface area (Å²) in [5.41, 5.74) is 0.947. The molecule has 3 atom stereocenters. The average molecular weight is 344 g/mol. The van der Waals surface area contributed by atoms with E-state index in [1.54, 1.807) is 25.9 Å². The molecule has 2 aromatic rings. The van der Waals surface area contributed by atoms with E-state index in [4.69, 9.17) is 9.26 Å². The van der Waals surface area contributed by atoms with Gasteiger partial charge >= 0.3 is 0 Å². The van der Waals surface area contributed by atoms with E-state index in [1.165, 1.54) is 0 Å². The van der Waals surface area contributed by atoms with Crippen molar-refractivity contribution in [2.45, 2.75) is 38.0 Å². The molecule has 1 aliphatic rings. The Morgan fingerprint density at radius 2 is 2.08 bits per heavy atom. The summed E-state index contributed by atoms with van der Waals surface area (Å²) in [6, 6.07) is 9.35. The maximum Gasteiger partial charge on any atom is 0.255 e. The minimum absolute atomic E-state index is 0.0124. The van der Waals surface area contributed by atoms with Crippen molar-refractivity contribution >= 4 is 5.91 Å². The number of aromatic nitrogens is 2. The van der Waals surface area contributed by atoms with Crippen LogP contribution in [0, 0.1) is 6.92 Å². The molecule has 0 unspecified atom stereocenters. The van der Waals surface area contributed by atoms with Gasteiger partial charge in [-0.2, -0.15) is 4.98 Å². The summed E-state index contributed by atoms with van der Waals surface area (Å²) in [7, 11) is 3.53. The summed E-state index contributed by atoms with van der Waals surface area (Å²) in [5.74, 6) is 1.16. The first kappa shape index (κ1) is 17.6. The number of aryl methyl sites for hydroxylation is 1. The Kier molecular flexibility index (Phi) is 5.45. The summed E-state index contributed by atoms with van der Waals surface area (Å²) in [6.07, 6.45) is 1.58. The Hall–Kier alpha value is -2.25. The first-order chi connectivity index (χ1) is 12.0. The number of ether oxygens (including phenoxy) is 1. The van der Waals surface area contributed by atoms with Crippen molar-refractivity contribution in [3.05, 3.63) is 47.6 Å². The van der Waals surface area contributed by atoms with E-state index >= 15 is 0 Å². The normalized spacial score (nSPS) is 21.2. The van der Waals surface area contributed by atoms with Crippen LogP contribution in [0.1, 0.15) is 42.3 Å². The van der Waals surface area contributed by atoms with Gasteiger partial charge in [0.15, 0.2) is 5.82 Å². The predicted octanol–water partition coefficient (Wildman–Crippen LogP) is 2.02. The lowest BCUT2D eigenvalue weighted by atomic mass is 10.1. The Morgan fingerprint density at radius 3 is 2.72 bits per heavy atom. The van der Waals surface area contributed by atoms with Crippen LogP contribution in [0.4, 0.5) is 0 Å². The van der Waals surface area contributed by atoms with Gasteiger partial charge < -0.3 is 14.2 Å². The molecule has 134 valence electrons. The molecule has 7 nitrogen and oxygen atoms in total. The molecule has 1 N–H and O–H groups in total. The maximum absolute atomic E-state index is 12.5. The van der Waals surface area contributed by atoms with Crippen molar-refractivity contribution in [2.24, 2.45) is 0 Å². The third kappa shape index (κ3) is 4.24. The molecule has 1 aromatic carbocycles. The second-order valence-electron chi connectivity index (χ2n) is 6.49. The van der Waals surface area contributed by atoms with E-state index in [9.17, 15) is 4.79 Å². The van der Waals surface area contributed by atoms with Gasteiger partial charge in [0, 0.05) is 20.6 Å². The monoisotopic (exact) mass is 344 g/mol. The summed E-state index contributed by atoms with van der Waals surface area (Å²) < 4.78 is 11.2. The number of benzene rings is 1. The summed E-state index contributed by atoms with van der Waals surface area (Å²) in [4.78, 5) is 18.4. The first-order valence-electron chi connectivity index (χ1n) is 8.49. The first-order valence-corrected chi connectivity index (χ1v) is 8.49. The Labute approximate surface area is 147 Å². The van der Waals surface area contributed by atoms with Crippen molar-refractivity contribution in [3.63, 3.8) is 0 Å². The number of carbonyl (C=O) groups is 1. The molecule has 1 fully saturated rings. The molecule has 7 heteroatoms. The zero-order valence-corrected chi connectivity index (χ0v) is 14.8. The van der Waals surface area contributed by atoms with E-state index in [2.05, 4.69) is 15.5 Å². The van der Waals surface area contributed by atoms with Gasteiger partial charge in [-0.15, -0.1) is 0 Å². The van der Waals surface area contributed by atoms with Crippen LogP contribution >= 0.6 is 0 Å². The number of nitrogens with one attached hydrogen (secondary N) is 1. The van der Waals surface area contributed by atoms with E-state index in [0.29, 0.717) is 18.3 Å². The Morgan fingerprint density at radius 1 is 1.32 bits per heavy atom. The maximum atomic E-state index is 12.5. The van der Waals surface area contributed by atoms with Gasteiger partial charge in [0.05, 0.1) is 6.10 Å². The minimum atomic E-state index is -0.385. The molecule has 1 aliphatic heterocycles. The van der Waals surface area contributed by atoms with Gasteiger partial charge in [0.1, 0.15) is 12.1 Å². The van der Waals surface area contributed by atoms with Crippen molar-refractivity contribution in [1.82, 2.24) is 20.4 Å². The molecule has 1 saturated heterocycles. The highest BCUT2D eigenvalue weighted by molar-refractivity contribution is 5.82. The second kappa shape index (κ2) is 7.76. The fraction of sp³-hybridized carbons (Fsp3) is 0.500. The Bertz CT molecular complexity index is 701. The van der Waals surface area contributed by atoms with Crippen molar-refractivity contribution in [1.29, 1.82) is 0 Å². The number of amides is 1. The SMILES string of the molecule is Cc1noc([C@@H]2CC[C@H](CN[C@H](C(=O)N(C)C)c3ccccc3)O2)n1. The number of rotatable bonds is 6. The molecule has 0 aliphatic carbocycles. The number of hydrogen-bond donors (Lipinski definition) is 1. The van der Waals surface area contributed by atoms with Crippen LogP contribution in [0.25, 0.3) is 0 Å². The fourth-order valence-corrected chi connectivity index (χ4v) is 2.98. The van der Waals surface area contributed by atoms with Gasteiger partial charge in [-0.05, 0) is 25.3 Å². The lowest BCUT2D eigenvalue weighted by molar-refractivity contribution is -0.131. The largest absolute Gasteiger partial charge is 0.364 e. The van der Waals surface area contributed by atoms with Crippen LogP contribution in [-0.2, 0) is 9.53 Å². The molecular weight excluding hydrogens is 320 g/mol. The summed E-state index contributed by atoms with van der Waals surface area (Å²) in [5, 5.41) is 7.16. The minimum Gasteiger partial charge on any atom is -0.364 e. The van der Waals surface area contributed by atoms with Crippen LogP contribution in [0.5, 0.6) is 0 Å². The van der Waals surface area contributed by atoms with Crippen LogP contribution < -0.4 is 5.32 Å². The quantitative estimate of drug-likeness (QED) is 0.863. The fourth-order valence-electron chi connectivity index (χ4n) is 2.98. The number of nitrogens with zero attached hydrogens (tertiary/aromatic N) is 3. The number of carbonyl (C=O) groups excluding carboxylic acids is 1. The van der Waals surface area contributed by atoms with Gasteiger partial charge in [0.2, 0.25) is 5.91 Å². The standard InChI is InChI=1S/C18H24N4O3/c1-12-20-17(25-21-12)15-10-9-14(24-15)11-19-16(18(23)22(2)3)13-7-5-4-6-8-13/h4-8,14-16,19H,9-11H2,1-3H3/t14-,15+,16+/m1/s1. The van der Waals surface area contributed by atoms with E-state index < -0.39 is 0 Å². The third-order valence-corrected chi connectivity index (χ3v) is 4.30. The van der Waals surface area contributed by atoms with Crippen LogP contribution in [0.15, 0.2) is 34.9 Å². The molecule has 0 radical (unpaired) electrons. The van der Waals surface area contributed by atoms with Gasteiger partial charge in [-0.1, -0.05) is 35.5 Å². The third-order valence-electron chi connectivity index (χ3n) is 4.30. The molecule has 0 spiro atoms. The zero-order chi connectivity index (χ0) is 17.8. The van der Waals surface area contributed by atoms with E-state index in [-0.39, 0.29) is 24.2 Å². The molecule has 2 heterocycles. The average Bonchev–Trinajstić information content (AvgIpc) is 3.24. The molecule has 0 saturated carbocycles. The van der Waals surface area contributed by atoms with Gasteiger partial charge in [-0.25, -0.2) is 0 Å². The number of likely N-dealkylation sites (N-methyl/N-ethyl adjacent to an activating group) is 1. The zero-order valence-electron chi connectivity index (χ0n) is 14.8. The van der Waals surface area contributed by atoms with Crippen LogP contribution in [0.3, 0.4) is 0 Å². The van der Waals surface area contributed by atoms with Gasteiger partial charge in [-0.3, -0.25) is 10.1 Å². The summed E-state index contributed by atoms with van der Waals surface area (Å²) >= 11 is 0. The number of hydrogen-bond acceptors (Lipinski definition) is 6. The predicted molar refractivity (Wildman–Crippen MR) is 91.8 cm³/mol. The topological polar surface area (TPSA) is 80.5 Å². The highest BCUT2D eigenvalue weighted by atomic mass is 16.5. The van der Waals surface area contributed by atoms with E-state index in [1.807, 2.05) is 30.3 Å². The van der Waals surface area contributed by atoms with Crippen molar-refractivity contribution < 1.29 is 14.1 Å². The summed E-state index contributed by atoms with van der Waals surface area (Å²) in [6.45, 7) is 2.38. The highest BCUT2D eigenvalue weighted by Crippen LogP contribution is 2.31. The highest BCUT2D eigenvalue weighted by Gasteiger charge is 2.31. The molecular formula is C18H24N4O3. The molecule has 0 bridgehead atoms. The molecule has 1 amide bonds. The lowest BCUT2D eigenvalue weighted by Crippen LogP contribution is -2.40. The Balaban J connectivity index is 1.61. The molecule has 1 aromatic heterocycles. The van der Waals surface area contributed by atoms with Crippen molar-refractivity contribution in [2.75, 3.05) is 20.6 Å². The molecule has 25 heavy (non-hydrogen) atoms.